The number of pyridine rings is 1. The number of nitrogen functional groups attached to an aromatic ring is 1. The summed E-state index contributed by atoms with van der Waals surface area (Å²) in [6.45, 7) is 4.07. The fourth-order valence-electron chi connectivity index (χ4n) is 1.10. The van der Waals surface area contributed by atoms with Gasteiger partial charge in [0.15, 0.2) is 0 Å². The molecule has 0 atom stereocenters. The Balaban J connectivity index is 2.40. The molecule has 90 valence electrons. The van der Waals surface area contributed by atoms with Crippen molar-refractivity contribution < 1.29 is 9.47 Å². The van der Waals surface area contributed by atoms with E-state index in [0.717, 1.165) is 0 Å². The third-order valence-corrected chi connectivity index (χ3v) is 2.23. The summed E-state index contributed by atoms with van der Waals surface area (Å²) in [6, 6.07) is 3.43. The number of hydrogen-bond donors (Lipinski definition) is 2. The third-order valence-electron chi connectivity index (χ3n) is 1.88. The van der Waals surface area contributed by atoms with Crippen LogP contribution in [0.3, 0.4) is 0 Å². The Bertz CT molecular complexity index is 323. The van der Waals surface area contributed by atoms with Gasteiger partial charge in [0, 0.05) is 6.61 Å². The smallest absolute Gasteiger partial charge is 0.140 e. The van der Waals surface area contributed by atoms with Gasteiger partial charge in [-0.15, -0.1) is 0 Å². The van der Waals surface area contributed by atoms with Gasteiger partial charge in [-0.25, -0.2) is 10.8 Å². The number of rotatable bonds is 7. The molecule has 0 amide bonds. The summed E-state index contributed by atoms with van der Waals surface area (Å²) < 4.78 is 10.5. The van der Waals surface area contributed by atoms with Crippen LogP contribution in [0.15, 0.2) is 12.1 Å². The first-order chi connectivity index (χ1) is 7.77. The quantitative estimate of drug-likeness (QED) is 0.434. The second-order valence-corrected chi connectivity index (χ2v) is 3.43. The van der Waals surface area contributed by atoms with E-state index in [1.807, 2.05) is 6.92 Å². The van der Waals surface area contributed by atoms with Gasteiger partial charge < -0.3 is 14.9 Å². The van der Waals surface area contributed by atoms with E-state index in [0.29, 0.717) is 43.0 Å². The van der Waals surface area contributed by atoms with Gasteiger partial charge in [0.2, 0.25) is 0 Å². The van der Waals surface area contributed by atoms with Gasteiger partial charge >= 0.3 is 0 Å². The molecule has 0 fully saturated rings. The largest absolute Gasteiger partial charge is 0.379 e. The first-order valence-electron chi connectivity index (χ1n) is 5.05. The van der Waals surface area contributed by atoms with E-state index in [1.54, 1.807) is 12.1 Å². The highest BCUT2D eigenvalue weighted by molar-refractivity contribution is 6.31. The van der Waals surface area contributed by atoms with E-state index < -0.39 is 0 Å². The zero-order valence-electron chi connectivity index (χ0n) is 9.20. The molecule has 0 saturated heterocycles. The fourth-order valence-corrected chi connectivity index (χ4v) is 1.26. The van der Waals surface area contributed by atoms with Gasteiger partial charge in [-0.2, -0.15) is 0 Å². The molecule has 0 spiro atoms. The zero-order chi connectivity index (χ0) is 11.8. The molecule has 0 aliphatic rings. The molecule has 1 rings (SSSR count). The average Bonchev–Trinajstić information content (AvgIpc) is 2.31. The molecule has 0 aliphatic heterocycles. The Kier molecular flexibility index (Phi) is 6.10. The Morgan fingerprint density at radius 1 is 1.38 bits per heavy atom. The zero-order valence-corrected chi connectivity index (χ0v) is 9.96. The minimum absolute atomic E-state index is 0.349. The van der Waals surface area contributed by atoms with E-state index in [2.05, 4.69) is 10.4 Å². The lowest BCUT2D eigenvalue weighted by atomic mass is 10.3. The van der Waals surface area contributed by atoms with Crippen molar-refractivity contribution in [2.75, 3.05) is 25.2 Å². The number of nitrogens with one attached hydrogen (secondary N) is 1. The van der Waals surface area contributed by atoms with Crippen molar-refractivity contribution in [2.45, 2.75) is 13.5 Å². The summed E-state index contributed by atoms with van der Waals surface area (Å²) in [5.41, 5.74) is 3.12. The van der Waals surface area contributed by atoms with Crippen molar-refractivity contribution >= 4 is 17.4 Å². The Morgan fingerprint density at radius 2 is 2.12 bits per heavy atom. The summed E-state index contributed by atoms with van der Waals surface area (Å²) in [7, 11) is 0. The first-order valence-corrected chi connectivity index (χ1v) is 5.43. The van der Waals surface area contributed by atoms with Crippen LogP contribution in [0, 0.1) is 0 Å². The third kappa shape index (κ3) is 4.32. The lowest BCUT2D eigenvalue weighted by Gasteiger charge is -2.07. The summed E-state index contributed by atoms with van der Waals surface area (Å²) in [4.78, 5) is 4.17. The highest BCUT2D eigenvalue weighted by atomic mass is 35.5. The number of nitrogens with two attached hydrogens (primary N) is 1. The lowest BCUT2D eigenvalue weighted by molar-refractivity contribution is 0.0442. The Morgan fingerprint density at radius 3 is 2.81 bits per heavy atom. The van der Waals surface area contributed by atoms with E-state index in [4.69, 9.17) is 26.9 Å². The van der Waals surface area contributed by atoms with Crippen LogP contribution in [0.1, 0.15) is 12.6 Å². The number of hydrazine groups is 1. The monoisotopic (exact) mass is 245 g/mol. The van der Waals surface area contributed by atoms with Gasteiger partial charge in [0.1, 0.15) is 5.82 Å². The van der Waals surface area contributed by atoms with Crippen molar-refractivity contribution in [3.05, 3.63) is 22.8 Å². The maximum atomic E-state index is 5.95. The van der Waals surface area contributed by atoms with Gasteiger partial charge in [0.05, 0.1) is 30.5 Å². The molecule has 3 N–H and O–H groups in total. The number of nitrogens with zero attached hydrogens (tertiary/aromatic N) is 1. The minimum atomic E-state index is 0.349. The average molecular weight is 246 g/mol. The Hall–Kier alpha value is -0.880. The van der Waals surface area contributed by atoms with Crippen LogP contribution in [0.4, 0.5) is 5.82 Å². The number of ether oxygens (including phenoxy) is 2. The number of hydrogen-bond acceptors (Lipinski definition) is 5. The molecule has 6 heteroatoms. The van der Waals surface area contributed by atoms with Crippen LogP contribution < -0.4 is 11.3 Å². The molecule has 16 heavy (non-hydrogen) atoms. The number of anilines is 1. The van der Waals surface area contributed by atoms with Crippen molar-refractivity contribution in [3.63, 3.8) is 0 Å². The fraction of sp³-hybridized carbons (Fsp3) is 0.500. The van der Waals surface area contributed by atoms with Gasteiger partial charge in [-0.1, -0.05) is 11.6 Å². The predicted octanol–water partition coefficient (Wildman–Crippen LogP) is 1.57. The molecule has 0 radical (unpaired) electrons. The van der Waals surface area contributed by atoms with Crippen LogP contribution in [-0.4, -0.2) is 24.8 Å². The standard InChI is InChI=1S/C10H16ClN3O2/c1-2-15-5-6-16-7-9-8(11)3-4-10(13-9)14-12/h3-4H,2,5-7,12H2,1H3,(H,13,14). The topological polar surface area (TPSA) is 69.4 Å². The molecule has 0 aromatic carbocycles. The number of aromatic nitrogens is 1. The summed E-state index contributed by atoms with van der Waals surface area (Å²) >= 11 is 5.95. The maximum absolute atomic E-state index is 5.95. The second kappa shape index (κ2) is 7.40. The SMILES string of the molecule is CCOCCOCc1nc(NN)ccc1Cl. The van der Waals surface area contributed by atoms with E-state index in [1.165, 1.54) is 0 Å². The molecule has 0 bridgehead atoms. The second-order valence-electron chi connectivity index (χ2n) is 3.02. The normalized spacial score (nSPS) is 10.4. The maximum Gasteiger partial charge on any atom is 0.140 e. The number of halogens is 1. The molecule has 0 unspecified atom stereocenters. The van der Waals surface area contributed by atoms with Gasteiger partial charge in [-0.3, -0.25) is 0 Å². The van der Waals surface area contributed by atoms with Crippen LogP contribution in [0.5, 0.6) is 0 Å². The van der Waals surface area contributed by atoms with Crippen LogP contribution in [0.2, 0.25) is 5.02 Å². The van der Waals surface area contributed by atoms with E-state index in [-0.39, 0.29) is 0 Å². The molecule has 0 saturated carbocycles. The summed E-state index contributed by atoms with van der Waals surface area (Å²) in [5, 5.41) is 0.565. The van der Waals surface area contributed by atoms with Crippen molar-refractivity contribution in [2.24, 2.45) is 5.84 Å². The van der Waals surface area contributed by atoms with Gasteiger partial charge in [0.25, 0.3) is 0 Å². The summed E-state index contributed by atoms with van der Waals surface area (Å²) in [6.07, 6.45) is 0. The van der Waals surface area contributed by atoms with Crippen molar-refractivity contribution in [3.8, 4) is 0 Å². The van der Waals surface area contributed by atoms with Crippen molar-refractivity contribution in [1.82, 2.24) is 4.98 Å². The van der Waals surface area contributed by atoms with Crippen LogP contribution >= 0.6 is 11.6 Å². The molecule has 0 aliphatic carbocycles. The molecule has 1 heterocycles. The Labute approximate surface area is 99.9 Å². The highest BCUT2D eigenvalue weighted by Gasteiger charge is 2.03. The molecule has 5 nitrogen and oxygen atoms in total. The lowest BCUT2D eigenvalue weighted by Crippen LogP contribution is -2.10. The molecular formula is C10H16ClN3O2. The molecular weight excluding hydrogens is 230 g/mol. The highest BCUT2D eigenvalue weighted by Crippen LogP contribution is 2.16. The summed E-state index contributed by atoms with van der Waals surface area (Å²) in [5.74, 6) is 5.81. The van der Waals surface area contributed by atoms with Crippen molar-refractivity contribution in [1.29, 1.82) is 0 Å². The minimum Gasteiger partial charge on any atom is -0.379 e. The molecule has 1 aromatic heterocycles. The molecule has 1 aromatic rings. The first kappa shape index (κ1) is 13.2. The van der Waals surface area contributed by atoms with Crippen LogP contribution in [0.25, 0.3) is 0 Å². The van der Waals surface area contributed by atoms with Crippen LogP contribution in [-0.2, 0) is 16.1 Å². The van der Waals surface area contributed by atoms with E-state index in [9.17, 15) is 0 Å². The van der Waals surface area contributed by atoms with Gasteiger partial charge in [-0.05, 0) is 19.1 Å². The predicted molar refractivity (Wildman–Crippen MR) is 63.2 cm³/mol. The van der Waals surface area contributed by atoms with E-state index >= 15 is 0 Å².